The molecule has 0 unspecified atom stereocenters. The van der Waals surface area contributed by atoms with Gasteiger partial charge in [0.15, 0.2) is 0 Å². The summed E-state index contributed by atoms with van der Waals surface area (Å²) in [4.78, 5) is 13.6. The van der Waals surface area contributed by atoms with E-state index in [0.717, 1.165) is 11.8 Å². The van der Waals surface area contributed by atoms with E-state index in [1.807, 2.05) is 35.2 Å². The van der Waals surface area contributed by atoms with Crippen molar-refractivity contribution in [2.45, 2.75) is 25.2 Å². The van der Waals surface area contributed by atoms with Gasteiger partial charge in [0.25, 0.3) is 0 Å². The summed E-state index contributed by atoms with van der Waals surface area (Å²) >= 11 is 0. The molecule has 1 fully saturated rings. The fourth-order valence-corrected chi connectivity index (χ4v) is 3.06. The van der Waals surface area contributed by atoms with E-state index in [0.29, 0.717) is 13.1 Å². The van der Waals surface area contributed by atoms with Crippen LogP contribution in [0.2, 0.25) is 0 Å². The van der Waals surface area contributed by atoms with Crippen LogP contribution < -0.4 is 5.32 Å². The number of halogens is 1. The van der Waals surface area contributed by atoms with Crippen LogP contribution in [0.5, 0.6) is 0 Å². The minimum absolute atomic E-state index is 0.124. The van der Waals surface area contributed by atoms with E-state index >= 15 is 0 Å². The van der Waals surface area contributed by atoms with Crippen LogP contribution in [0.4, 0.5) is 4.39 Å². The molecule has 0 bridgehead atoms. The average Bonchev–Trinajstić information content (AvgIpc) is 2.77. The highest BCUT2D eigenvalue weighted by atomic mass is 32.2. The maximum absolute atomic E-state index is 14.0. The van der Waals surface area contributed by atoms with E-state index in [9.17, 15) is 17.6 Å². The number of nitrogens with one attached hydrogen (secondary N) is 1. The molecule has 0 spiro atoms. The van der Waals surface area contributed by atoms with Gasteiger partial charge in [-0.1, -0.05) is 30.3 Å². The number of rotatable bonds is 6. The molecule has 0 saturated carbocycles. The molecule has 122 valence electrons. The number of alkyl halides is 1. The summed E-state index contributed by atoms with van der Waals surface area (Å²) in [6.07, 6.45) is -0.179. The number of likely N-dealkylation sites (tertiary alicyclic amines) is 1. The molecule has 1 aromatic carbocycles. The summed E-state index contributed by atoms with van der Waals surface area (Å²) in [6.45, 7) is 1.34. The van der Waals surface area contributed by atoms with Gasteiger partial charge in [-0.3, -0.25) is 9.69 Å². The molecule has 7 heteroatoms. The van der Waals surface area contributed by atoms with Crippen molar-refractivity contribution in [2.75, 3.05) is 25.1 Å². The molecular weight excluding hydrogens is 307 g/mol. The van der Waals surface area contributed by atoms with E-state index in [1.165, 1.54) is 0 Å². The quantitative estimate of drug-likeness (QED) is 0.837. The van der Waals surface area contributed by atoms with Crippen LogP contribution in [0.1, 0.15) is 12.0 Å². The van der Waals surface area contributed by atoms with Crippen molar-refractivity contribution in [2.24, 2.45) is 0 Å². The van der Waals surface area contributed by atoms with Gasteiger partial charge in [0.1, 0.15) is 16.0 Å². The summed E-state index contributed by atoms with van der Waals surface area (Å²) < 4.78 is 36.1. The van der Waals surface area contributed by atoms with E-state index in [2.05, 4.69) is 5.32 Å². The Hall–Kier alpha value is -1.47. The van der Waals surface area contributed by atoms with Gasteiger partial charge in [-0.25, -0.2) is 12.8 Å². The van der Waals surface area contributed by atoms with Crippen LogP contribution >= 0.6 is 0 Å². The van der Waals surface area contributed by atoms with Crippen molar-refractivity contribution in [1.29, 1.82) is 0 Å². The zero-order chi connectivity index (χ0) is 16.2. The van der Waals surface area contributed by atoms with E-state index in [1.54, 1.807) is 0 Å². The highest BCUT2D eigenvalue weighted by molar-refractivity contribution is 7.90. The minimum Gasteiger partial charge on any atom is -0.349 e. The number of hydrogen-bond donors (Lipinski definition) is 1. The number of amides is 1. The topological polar surface area (TPSA) is 66.5 Å². The molecule has 2 rings (SSSR count). The zero-order valence-electron chi connectivity index (χ0n) is 12.5. The predicted octanol–water partition coefficient (Wildman–Crippen LogP) is 0.760. The molecule has 22 heavy (non-hydrogen) atoms. The first-order valence-corrected chi connectivity index (χ1v) is 9.27. The molecule has 0 radical (unpaired) electrons. The van der Waals surface area contributed by atoms with Crippen LogP contribution in [0, 0.1) is 0 Å². The van der Waals surface area contributed by atoms with Crippen molar-refractivity contribution < 1.29 is 17.6 Å². The lowest BCUT2D eigenvalue weighted by Crippen LogP contribution is -2.41. The fourth-order valence-electron chi connectivity index (χ4n) is 2.50. The maximum Gasteiger partial charge on any atom is 0.221 e. The van der Waals surface area contributed by atoms with E-state index < -0.39 is 28.0 Å². The number of hydrogen-bond acceptors (Lipinski definition) is 4. The third-order valence-electron chi connectivity index (χ3n) is 3.62. The summed E-state index contributed by atoms with van der Waals surface area (Å²) in [5.41, 5.74) is 1.10. The number of sulfone groups is 1. The Labute approximate surface area is 130 Å². The van der Waals surface area contributed by atoms with Crippen molar-refractivity contribution in [3.63, 3.8) is 0 Å². The number of carbonyl (C=O) groups is 1. The Bertz CT molecular complexity index is 606. The smallest absolute Gasteiger partial charge is 0.221 e. The van der Waals surface area contributed by atoms with Crippen molar-refractivity contribution in [3.05, 3.63) is 35.9 Å². The molecule has 1 aliphatic heterocycles. The molecule has 1 N–H and O–H groups in total. The first-order valence-electron chi connectivity index (χ1n) is 7.21. The molecule has 1 aliphatic rings. The Morgan fingerprint density at radius 1 is 1.32 bits per heavy atom. The molecule has 2 atom stereocenters. The van der Waals surface area contributed by atoms with Gasteiger partial charge in [-0.05, 0) is 5.56 Å². The summed E-state index contributed by atoms with van der Waals surface area (Å²) in [6, 6.07) is 9.17. The van der Waals surface area contributed by atoms with Gasteiger partial charge >= 0.3 is 0 Å². The molecule has 0 aromatic heterocycles. The Morgan fingerprint density at radius 2 is 2.00 bits per heavy atom. The SMILES string of the molecule is CS(=O)(=O)CCC(=O)N[C@@H]1CN(Cc2ccccc2)C[C@H]1F. The van der Waals surface area contributed by atoms with Crippen molar-refractivity contribution in [3.8, 4) is 0 Å². The van der Waals surface area contributed by atoms with Crippen LogP contribution in [0.15, 0.2) is 30.3 Å². The van der Waals surface area contributed by atoms with Crippen LogP contribution in [0.25, 0.3) is 0 Å². The van der Waals surface area contributed by atoms with Gasteiger partial charge < -0.3 is 5.32 Å². The third kappa shape index (κ3) is 5.38. The molecule has 1 aromatic rings. The first kappa shape index (κ1) is 16.9. The van der Waals surface area contributed by atoms with Crippen LogP contribution in [0.3, 0.4) is 0 Å². The number of nitrogens with zero attached hydrogens (tertiary/aromatic N) is 1. The highest BCUT2D eigenvalue weighted by Crippen LogP contribution is 2.16. The lowest BCUT2D eigenvalue weighted by atomic mass is 10.2. The van der Waals surface area contributed by atoms with E-state index in [4.69, 9.17) is 0 Å². The standard InChI is InChI=1S/C15H21FN2O3S/c1-22(20,21)8-7-15(19)17-14-11-18(10-13(14)16)9-12-5-3-2-4-6-12/h2-6,13-14H,7-11H2,1H3,(H,17,19)/t13-,14-/m1/s1. The summed E-state index contributed by atoms with van der Waals surface area (Å²) in [5, 5.41) is 2.60. The van der Waals surface area contributed by atoms with Gasteiger partial charge in [0.05, 0.1) is 11.8 Å². The fraction of sp³-hybridized carbons (Fsp3) is 0.533. The first-order chi connectivity index (χ1) is 10.3. The minimum atomic E-state index is -3.18. The average molecular weight is 328 g/mol. The lowest BCUT2D eigenvalue weighted by Gasteiger charge is -2.16. The van der Waals surface area contributed by atoms with Crippen molar-refractivity contribution in [1.82, 2.24) is 10.2 Å². The van der Waals surface area contributed by atoms with Gasteiger partial charge in [-0.2, -0.15) is 0 Å². The van der Waals surface area contributed by atoms with Crippen molar-refractivity contribution >= 4 is 15.7 Å². The van der Waals surface area contributed by atoms with Gasteiger partial charge in [0.2, 0.25) is 5.91 Å². The largest absolute Gasteiger partial charge is 0.349 e. The molecule has 1 heterocycles. The molecular formula is C15H21FN2O3S. The van der Waals surface area contributed by atoms with Crippen LogP contribution in [-0.2, 0) is 21.2 Å². The monoisotopic (exact) mass is 328 g/mol. The van der Waals surface area contributed by atoms with Gasteiger partial charge in [-0.15, -0.1) is 0 Å². The molecule has 0 aliphatic carbocycles. The number of benzene rings is 1. The number of carbonyl (C=O) groups excluding carboxylic acids is 1. The Kier molecular flexibility index (Phi) is 5.52. The second-order valence-corrected chi connectivity index (χ2v) is 8.01. The summed E-state index contributed by atoms with van der Waals surface area (Å²) in [5.74, 6) is -0.629. The third-order valence-corrected chi connectivity index (χ3v) is 4.57. The maximum atomic E-state index is 14.0. The molecule has 1 saturated heterocycles. The summed E-state index contributed by atoms with van der Waals surface area (Å²) in [7, 11) is -3.18. The molecule has 1 amide bonds. The Balaban J connectivity index is 1.82. The van der Waals surface area contributed by atoms with Crippen LogP contribution in [-0.4, -0.2) is 56.5 Å². The second kappa shape index (κ2) is 7.19. The predicted molar refractivity (Wildman–Crippen MR) is 82.9 cm³/mol. The van der Waals surface area contributed by atoms with Gasteiger partial charge in [0, 0.05) is 32.3 Å². The molecule has 5 nitrogen and oxygen atoms in total. The zero-order valence-corrected chi connectivity index (χ0v) is 13.4. The highest BCUT2D eigenvalue weighted by Gasteiger charge is 2.33. The Morgan fingerprint density at radius 3 is 2.64 bits per heavy atom. The van der Waals surface area contributed by atoms with E-state index in [-0.39, 0.29) is 18.7 Å². The second-order valence-electron chi connectivity index (χ2n) is 5.75. The normalized spacial score (nSPS) is 22.6. The lowest BCUT2D eigenvalue weighted by molar-refractivity contribution is -0.121.